The highest BCUT2D eigenvalue weighted by molar-refractivity contribution is 5.84. The molecule has 0 fully saturated rings. The molecule has 0 radical (unpaired) electrons. The Bertz CT molecular complexity index is 1170. The lowest BCUT2D eigenvalue weighted by atomic mass is 9.79. The maximum Gasteiger partial charge on any atom is 0.327 e. The standard InChI is InChI=1S/C28H23NO2/c1-31-27(30)26(20-12-4-2-5-13-20)29-28(21-14-6-3-7-15-21)24-18-10-8-16-22(24)23-17-9-11-19-25(23)28/h2-19,26,29H,1H3/t26-/m0/s1. The van der Waals surface area contributed by atoms with Crippen molar-refractivity contribution in [1.82, 2.24) is 5.32 Å². The van der Waals surface area contributed by atoms with Gasteiger partial charge in [0.1, 0.15) is 6.04 Å². The van der Waals surface area contributed by atoms with Crippen LogP contribution < -0.4 is 5.32 Å². The minimum atomic E-state index is -0.691. The lowest BCUT2D eigenvalue weighted by molar-refractivity contribution is -0.143. The van der Waals surface area contributed by atoms with Crippen molar-refractivity contribution in [2.75, 3.05) is 7.11 Å². The summed E-state index contributed by atoms with van der Waals surface area (Å²) >= 11 is 0. The zero-order valence-corrected chi connectivity index (χ0v) is 17.3. The Labute approximate surface area is 182 Å². The van der Waals surface area contributed by atoms with Gasteiger partial charge in [-0.05, 0) is 33.4 Å². The molecule has 1 aliphatic rings. The highest BCUT2D eigenvalue weighted by Crippen LogP contribution is 2.51. The molecule has 0 aromatic heterocycles. The molecule has 0 saturated heterocycles. The molecular formula is C28H23NO2. The van der Waals surface area contributed by atoms with Crippen LogP contribution in [0.4, 0.5) is 0 Å². The van der Waals surface area contributed by atoms with E-state index < -0.39 is 11.6 Å². The molecular weight excluding hydrogens is 382 g/mol. The number of nitrogens with one attached hydrogen (secondary N) is 1. The van der Waals surface area contributed by atoms with Crippen LogP contribution in [0.2, 0.25) is 0 Å². The minimum absolute atomic E-state index is 0.316. The normalized spacial score (nSPS) is 14.4. The van der Waals surface area contributed by atoms with Gasteiger partial charge in [0.15, 0.2) is 0 Å². The smallest absolute Gasteiger partial charge is 0.327 e. The Balaban J connectivity index is 1.79. The molecule has 4 aromatic rings. The monoisotopic (exact) mass is 405 g/mol. The molecule has 31 heavy (non-hydrogen) atoms. The van der Waals surface area contributed by atoms with Gasteiger partial charge in [-0.25, -0.2) is 4.79 Å². The predicted octanol–water partition coefficient (Wildman–Crippen LogP) is 5.46. The van der Waals surface area contributed by atoms with Crippen molar-refractivity contribution in [2.45, 2.75) is 11.6 Å². The van der Waals surface area contributed by atoms with Crippen molar-refractivity contribution < 1.29 is 9.53 Å². The van der Waals surface area contributed by atoms with E-state index in [1.807, 2.05) is 48.5 Å². The Morgan fingerprint density at radius 2 is 1.19 bits per heavy atom. The van der Waals surface area contributed by atoms with E-state index in [0.717, 1.165) is 22.3 Å². The summed E-state index contributed by atoms with van der Waals surface area (Å²) in [4.78, 5) is 13.0. The molecule has 0 bridgehead atoms. The van der Waals surface area contributed by atoms with Gasteiger partial charge in [0, 0.05) is 0 Å². The number of hydrogen-bond donors (Lipinski definition) is 1. The van der Waals surface area contributed by atoms with Crippen LogP contribution >= 0.6 is 0 Å². The van der Waals surface area contributed by atoms with Gasteiger partial charge < -0.3 is 4.74 Å². The molecule has 1 atom stereocenters. The molecule has 4 aromatic carbocycles. The van der Waals surface area contributed by atoms with Crippen LogP contribution in [0.1, 0.15) is 28.3 Å². The fourth-order valence-corrected chi connectivity index (χ4v) is 4.73. The molecule has 0 aliphatic heterocycles. The van der Waals surface area contributed by atoms with E-state index in [1.54, 1.807) is 0 Å². The maximum absolute atomic E-state index is 13.0. The van der Waals surface area contributed by atoms with E-state index >= 15 is 0 Å². The molecule has 0 unspecified atom stereocenters. The number of fused-ring (bicyclic) bond motifs is 3. The van der Waals surface area contributed by atoms with E-state index in [1.165, 1.54) is 18.2 Å². The first-order valence-corrected chi connectivity index (χ1v) is 10.4. The van der Waals surface area contributed by atoms with Crippen molar-refractivity contribution in [3.8, 4) is 11.1 Å². The van der Waals surface area contributed by atoms with E-state index in [9.17, 15) is 4.79 Å². The van der Waals surface area contributed by atoms with E-state index in [0.29, 0.717) is 0 Å². The fraction of sp³-hybridized carbons (Fsp3) is 0.107. The number of ether oxygens (including phenoxy) is 1. The van der Waals surface area contributed by atoms with Crippen molar-refractivity contribution in [3.63, 3.8) is 0 Å². The van der Waals surface area contributed by atoms with Crippen LogP contribution in [-0.4, -0.2) is 13.1 Å². The molecule has 152 valence electrons. The third kappa shape index (κ3) is 3.06. The molecule has 5 rings (SSSR count). The van der Waals surface area contributed by atoms with E-state index in [-0.39, 0.29) is 5.97 Å². The molecule has 0 spiro atoms. The van der Waals surface area contributed by atoms with Crippen molar-refractivity contribution in [2.24, 2.45) is 0 Å². The SMILES string of the molecule is COC(=O)[C@@H](NC1(c2ccccc2)c2ccccc2-c2ccccc21)c1ccccc1. The van der Waals surface area contributed by atoms with Gasteiger partial charge >= 0.3 is 5.97 Å². The van der Waals surface area contributed by atoms with Crippen LogP contribution in [-0.2, 0) is 15.1 Å². The molecule has 0 saturated carbocycles. The second-order valence-electron chi connectivity index (χ2n) is 7.72. The molecule has 0 amide bonds. The molecule has 0 heterocycles. The minimum Gasteiger partial charge on any atom is -0.468 e. The highest BCUT2D eigenvalue weighted by Gasteiger charge is 2.46. The summed E-state index contributed by atoms with van der Waals surface area (Å²) in [5.41, 5.74) is 5.86. The van der Waals surface area contributed by atoms with Gasteiger partial charge in [0.25, 0.3) is 0 Å². The number of carbonyl (C=O) groups excluding carboxylic acids is 1. The van der Waals surface area contributed by atoms with Crippen molar-refractivity contribution in [1.29, 1.82) is 0 Å². The largest absolute Gasteiger partial charge is 0.468 e. The lowest BCUT2D eigenvalue weighted by Gasteiger charge is -2.37. The van der Waals surface area contributed by atoms with Gasteiger partial charge in [-0.3, -0.25) is 5.32 Å². The Hall–Kier alpha value is -3.69. The Kier molecular flexibility index (Phi) is 4.89. The fourth-order valence-electron chi connectivity index (χ4n) is 4.73. The molecule has 3 heteroatoms. The van der Waals surface area contributed by atoms with Gasteiger partial charge in [-0.15, -0.1) is 0 Å². The summed E-state index contributed by atoms with van der Waals surface area (Å²) in [6.07, 6.45) is 0. The zero-order valence-electron chi connectivity index (χ0n) is 17.3. The topological polar surface area (TPSA) is 38.3 Å². The second kappa shape index (κ2) is 7.86. The van der Waals surface area contributed by atoms with Crippen molar-refractivity contribution >= 4 is 5.97 Å². The number of rotatable bonds is 5. The van der Waals surface area contributed by atoms with Crippen LogP contribution in [0, 0.1) is 0 Å². The average Bonchev–Trinajstić information content (AvgIpc) is 3.14. The van der Waals surface area contributed by atoms with Crippen molar-refractivity contribution in [3.05, 3.63) is 131 Å². The van der Waals surface area contributed by atoms with Crippen LogP contribution in [0.5, 0.6) is 0 Å². The van der Waals surface area contributed by atoms with Gasteiger partial charge in [-0.1, -0.05) is 109 Å². The lowest BCUT2D eigenvalue weighted by Crippen LogP contribution is -2.47. The third-order valence-electron chi connectivity index (χ3n) is 6.09. The summed E-state index contributed by atoms with van der Waals surface area (Å²) in [5.74, 6) is -0.316. The van der Waals surface area contributed by atoms with Gasteiger partial charge in [0.2, 0.25) is 0 Å². The molecule has 3 nitrogen and oxygen atoms in total. The van der Waals surface area contributed by atoms with Crippen LogP contribution in [0.15, 0.2) is 109 Å². The zero-order chi connectivity index (χ0) is 21.3. The first kappa shape index (κ1) is 19.3. The molecule has 1 aliphatic carbocycles. The quantitative estimate of drug-likeness (QED) is 0.448. The Morgan fingerprint density at radius 1 is 0.710 bits per heavy atom. The Morgan fingerprint density at radius 3 is 1.74 bits per heavy atom. The summed E-state index contributed by atoms with van der Waals surface area (Å²) in [6, 6.07) is 36.3. The number of carbonyl (C=O) groups is 1. The van der Waals surface area contributed by atoms with Crippen LogP contribution in [0.3, 0.4) is 0 Å². The second-order valence-corrected chi connectivity index (χ2v) is 7.72. The van der Waals surface area contributed by atoms with Crippen LogP contribution in [0.25, 0.3) is 11.1 Å². The highest BCUT2D eigenvalue weighted by atomic mass is 16.5. The average molecular weight is 405 g/mol. The van der Waals surface area contributed by atoms with E-state index in [4.69, 9.17) is 4.74 Å². The van der Waals surface area contributed by atoms with E-state index in [2.05, 4.69) is 66.0 Å². The predicted molar refractivity (Wildman–Crippen MR) is 123 cm³/mol. The summed E-state index contributed by atoms with van der Waals surface area (Å²) < 4.78 is 5.23. The summed E-state index contributed by atoms with van der Waals surface area (Å²) in [7, 11) is 1.44. The molecule has 1 N–H and O–H groups in total. The third-order valence-corrected chi connectivity index (χ3v) is 6.09. The maximum atomic E-state index is 13.0. The summed E-state index contributed by atoms with van der Waals surface area (Å²) in [5, 5.41) is 3.75. The first-order chi connectivity index (χ1) is 15.3. The van der Waals surface area contributed by atoms with Gasteiger partial charge in [0.05, 0.1) is 12.6 Å². The first-order valence-electron chi connectivity index (χ1n) is 10.4. The number of methoxy groups -OCH3 is 1. The summed E-state index contributed by atoms with van der Waals surface area (Å²) in [6.45, 7) is 0. The number of benzene rings is 4. The van der Waals surface area contributed by atoms with Gasteiger partial charge in [-0.2, -0.15) is 0 Å². The number of hydrogen-bond acceptors (Lipinski definition) is 3. The number of esters is 1.